The summed E-state index contributed by atoms with van der Waals surface area (Å²) in [7, 11) is 0. The number of benzene rings is 1. The second kappa shape index (κ2) is 8.17. The molecule has 3 heterocycles. The summed E-state index contributed by atoms with van der Waals surface area (Å²) in [5.41, 5.74) is 1.13. The standard InChI is InChI=1S/C22H22N2O4/c25-21-12-18(17-6-2-1-3-7-17)13-23(21)16-22(26)24(14-19-8-4-10-27-19)15-20-9-5-11-28-20/h1-11,18H,12-16H2/t18-/m1/s1. The van der Waals surface area contributed by atoms with E-state index in [2.05, 4.69) is 0 Å². The molecule has 144 valence electrons. The molecule has 2 aromatic heterocycles. The topological polar surface area (TPSA) is 66.9 Å². The van der Waals surface area contributed by atoms with Gasteiger partial charge in [0.1, 0.15) is 11.5 Å². The predicted octanol–water partition coefficient (Wildman–Crippen LogP) is 3.42. The number of rotatable bonds is 7. The minimum atomic E-state index is -0.130. The molecule has 6 heteroatoms. The van der Waals surface area contributed by atoms with E-state index in [1.165, 1.54) is 0 Å². The smallest absolute Gasteiger partial charge is 0.243 e. The molecule has 3 aromatic rings. The van der Waals surface area contributed by atoms with Crippen molar-refractivity contribution in [3.8, 4) is 0 Å². The number of hydrogen-bond acceptors (Lipinski definition) is 4. The molecule has 0 aliphatic carbocycles. The maximum atomic E-state index is 13.0. The van der Waals surface area contributed by atoms with Gasteiger partial charge in [0.2, 0.25) is 11.8 Å². The summed E-state index contributed by atoms with van der Waals surface area (Å²) < 4.78 is 10.8. The molecule has 1 fully saturated rings. The molecule has 0 radical (unpaired) electrons. The number of carbonyl (C=O) groups is 2. The van der Waals surface area contributed by atoms with Gasteiger partial charge < -0.3 is 18.6 Å². The minimum absolute atomic E-state index is 0.0122. The SMILES string of the molecule is O=C(CN1C[C@H](c2ccccc2)CC1=O)N(Cc1ccco1)Cc1ccco1. The highest BCUT2D eigenvalue weighted by atomic mass is 16.3. The lowest BCUT2D eigenvalue weighted by Crippen LogP contribution is -2.40. The first-order valence-electron chi connectivity index (χ1n) is 9.34. The average Bonchev–Trinajstić information content (AvgIpc) is 3.46. The Hall–Kier alpha value is -3.28. The summed E-state index contributed by atoms with van der Waals surface area (Å²) in [4.78, 5) is 28.8. The lowest BCUT2D eigenvalue weighted by molar-refractivity contribution is -0.139. The minimum Gasteiger partial charge on any atom is -0.467 e. The maximum Gasteiger partial charge on any atom is 0.243 e. The number of furan rings is 2. The van der Waals surface area contributed by atoms with Gasteiger partial charge in [-0.2, -0.15) is 0 Å². The van der Waals surface area contributed by atoms with Crippen LogP contribution in [0, 0.1) is 0 Å². The first kappa shape index (κ1) is 18.1. The predicted molar refractivity (Wildman–Crippen MR) is 102 cm³/mol. The molecule has 0 saturated carbocycles. The lowest BCUT2D eigenvalue weighted by atomic mass is 9.99. The van der Waals surface area contributed by atoms with Gasteiger partial charge >= 0.3 is 0 Å². The largest absolute Gasteiger partial charge is 0.467 e. The molecule has 0 N–H and O–H groups in total. The fourth-order valence-electron chi connectivity index (χ4n) is 3.55. The molecule has 0 bridgehead atoms. The molecule has 1 atom stereocenters. The van der Waals surface area contributed by atoms with Gasteiger partial charge in [-0.15, -0.1) is 0 Å². The number of likely N-dealkylation sites (tertiary alicyclic amines) is 1. The van der Waals surface area contributed by atoms with Gasteiger partial charge in [0.15, 0.2) is 0 Å². The Labute approximate surface area is 163 Å². The highest BCUT2D eigenvalue weighted by Gasteiger charge is 2.32. The van der Waals surface area contributed by atoms with Gasteiger partial charge in [0.25, 0.3) is 0 Å². The van der Waals surface area contributed by atoms with Crippen LogP contribution in [0.25, 0.3) is 0 Å². The Morgan fingerprint density at radius 1 is 0.964 bits per heavy atom. The fraction of sp³-hybridized carbons (Fsp3) is 0.273. The number of hydrogen-bond donors (Lipinski definition) is 0. The molecule has 1 aliphatic rings. The van der Waals surface area contributed by atoms with E-state index in [-0.39, 0.29) is 24.3 Å². The summed E-state index contributed by atoms with van der Waals surface area (Å²) in [5, 5.41) is 0. The van der Waals surface area contributed by atoms with Gasteiger partial charge in [-0.1, -0.05) is 30.3 Å². The highest BCUT2D eigenvalue weighted by Crippen LogP contribution is 2.28. The van der Waals surface area contributed by atoms with Crippen molar-refractivity contribution in [2.24, 2.45) is 0 Å². The zero-order valence-electron chi connectivity index (χ0n) is 15.5. The van der Waals surface area contributed by atoms with Crippen LogP contribution in [0.2, 0.25) is 0 Å². The first-order chi connectivity index (χ1) is 13.7. The van der Waals surface area contributed by atoms with Crippen LogP contribution in [0.3, 0.4) is 0 Å². The molecular weight excluding hydrogens is 356 g/mol. The van der Waals surface area contributed by atoms with Crippen molar-refractivity contribution >= 4 is 11.8 Å². The van der Waals surface area contributed by atoms with Gasteiger partial charge in [-0.25, -0.2) is 0 Å². The van der Waals surface area contributed by atoms with Crippen LogP contribution in [0.4, 0.5) is 0 Å². The van der Waals surface area contributed by atoms with Crippen LogP contribution in [0.5, 0.6) is 0 Å². The summed E-state index contributed by atoms with van der Waals surface area (Å²) in [6.07, 6.45) is 3.60. The van der Waals surface area contributed by atoms with Gasteiger partial charge in [-0.3, -0.25) is 9.59 Å². The third-order valence-corrected chi connectivity index (χ3v) is 5.02. The van der Waals surface area contributed by atoms with Crippen LogP contribution < -0.4 is 0 Å². The molecule has 0 unspecified atom stereocenters. The zero-order chi connectivity index (χ0) is 19.3. The van der Waals surface area contributed by atoms with Crippen molar-refractivity contribution in [2.75, 3.05) is 13.1 Å². The number of amides is 2. The molecule has 6 nitrogen and oxygen atoms in total. The third kappa shape index (κ3) is 4.17. The highest BCUT2D eigenvalue weighted by molar-refractivity contribution is 5.86. The van der Waals surface area contributed by atoms with E-state index < -0.39 is 0 Å². The Balaban J connectivity index is 1.43. The van der Waals surface area contributed by atoms with E-state index in [1.807, 2.05) is 42.5 Å². The normalized spacial score (nSPS) is 16.5. The van der Waals surface area contributed by atoms with Gasteiger partial charge in [0.05, 0.1) is 32.2 Å². The molecule has 1 aromatic carbocycles. The molecule has 28 heavy (non-hydrogen) atoms. The van der Waals surface area contributed by atoms with Crippen molar-refractivity contribution in [1.82, 2.24) is 9.80 Å². The van der Waals surface area contributed by atoms with Crippen LogP contribution >= 0.6 is 0 Å². The summed E-state index contributed by atoms with van der Waals surface area (Å²) in [6, 6.07) is 17.2. The Kier molecular flexibility index (Phi) is 5.28. The number of nitrogens with zero attached hydrogens (tertiary/aromatic N) is 2. The monoisotopic (exact) mass is 378 g/mol. The van der Waals surface area contributed by atoms with Crippen LogP contribution in [-0.4, -0.2) is 34.7 Å². The van der Waals surface area contributed by atoms with E-state index in [4.69, 9.17) is 8.83 Å². The van der Waals surface area contributed by atoms with Gasteiger partial charge in [0, 0.05) is 18.9 Å². The second-order valence-electron chi connectivity index (χ2n) is 6.99. The van der Waals surface area contributed by atoms with Crippen molar-refractivity contribution in [1.29, 1.82) is 0 Å². The van der Waals surface area contributed by atoms with Crippen LogP contribution in [0.1, 0.15) is 29.4 Å². The molecular formula is C22H22N2O4. The lowest BCUT2D eigenvalue weighted by Gasteiger charge is -2.24. The van der Waals surface area contributed by atoms with Gasteiger partial charge in [-0.05, 0) is 29.8 Å². The van der Waals surface area contributed by atoms with Crippen LogP contribution in [-0.2, 0) is 22.7 Å². The van der Waals surface area contributed by atoms with Crippen LogP contribution in [0.15, 0.2) is 76.0 Å². The molecule has 0 spiro atoms. The summed E-state index contributed by atoms with van der Waals surface area (Å²) in [6.45, 7) is 1.28. The zero-order valence-corrected chi connectivity index (χ0v) is 15.5. The van der Waals surface area contributed by atoms with Crippen molar-refractivity contribution in [3.05, 3.63) is 84.2 Å². The molecule has 1 aliphatic heterocycles. The third-order valence-electron chi connectivity index (χ3n) is 5.02. The Morgan fingerprint density at radius 3 is 2.18 bits per heavy atom. The van der Waals surface area contributed by atoms with Crippen molar-refractivity contribution in [3.63, 3.8) is 0 Å². The molecule has 2 amide bonds. The van der Waals surface area contributed by atoms with Crippen molar-refractivity contribution < 1.29 is 18.4 Å². The van der Waals surface area contributed by atoms with E-state index in [1.54, 1.807) is 34.5 Å². The Morgan fingerprint density at radius 2 is 1.61 bits per heavy atom. The fourth-order valence-corrected chi connectivity index (χ4v) is 3.55. The summed E-state index contributed by atoms with van der Waals surface area (Å²) >= 11 is 0. The quantitative estimate of drug-likeness (QED) is 0.632. The van der Waals surface area contributed by atoms with E-state index >= 15 is 0 Å². The average molecular weight is 378 g/mol. The summed E-state index contributed by atoms with van der Waals surface area (Å²) in [5.74, 6) is 1.39. The number of carbonyl (C=O) groups excluding carboxylic acids is 2. The first-order valence-corrected chi connectivity index (χ1v) is 9.34. The van der Waals surface area contributed by atoms with E-state index in [0.29, 0.717) is 37.6 Å². The molecule has 1 saturated heterocycles. The maximum absolute atomic E-state index is 13.0. The second-order valence-corrected chi connectivity index (χ2v) is 6.99. The van der Waals surface area contributed by atoms with E-state index in [9.17, 15) is 9.59 Å². The van der Waals surface area contributed by atoms with E-state index in [0.717, 1.165) is 5.56 Å². The molecule has 4 rings (SSSR count). The Bertz CT molecular complexity index is 867. The van der Waals surface area contributed by atoms with Crippen molar-refractivity contribution in [2.45, 2.75) is 25.4 Å².